The predicted octanol–water partition coefficient (Wildman–Crippen LogP) is 1.15. The first kappa shape index (κ1) is 13.7. The van der Waals surface area contributed by atoms with Gasteiger partial charge in [0.1, 0.15) is 0 Å². The summed E-state index contributed by atoms with van der Waals surface area (Å²) in [5.41, 5.74) is 6.81. The molecule has 0 bridgehead atoms. The molecule has 0 saturated carbocycles. The molecule has 1 aromatic carbocycles. The van der Waals surface area contributed by atoms with Crippen molar-refractivity contribution < 1.29 is 14.3 Å². The molecule has 0 spiro atoms. The summed E-state index contributed by atoms with van der Waals surface area (Å²) in [6.45, 7) is 3.69. The first-order chi connectivity index (χ1) is 9.13. The Kier molecular flexibility index (Phi) is 4.27. The van der Waals surface area contributed by atoms with E-state index in [0.29, 0.717) is 37.6 Å². The van der Waals surface area contributed by atoms with Gasteiger partial charge in [0, 0.05) is 25.6 Å². The van der Waals surface area contributed by atoms with Crippen LogP contribution >= 0.6 is 0 Å². The van der Waals surface area contributed by atoms with E-state index in [9.17, 15) is 4.79 Å². The predicted molar refractivity (Wildman–Crippen MR) is 72.2 cm³/mol. The van der Waals surface area contributed by atoms with E-state index in [1.54, 1.807) is 12.0 Å². The molecule has 104 valence electrons. The summed E-state index contributed by atoms with van der Waals surface area (Å²) in [4.78, 5) is 13.5. The Morgan fingerprint density at radius 3 is 2.79 bits per heavy atom. The van der Waals surface area contributed by atoms with Gasteiger partial charge in [-0.3, -0.25) is 4.79 Å². The lowest BCUT2D eigenvalue weighted by atomic mass is 10.2. The van der Waals surface area contributed by atoms with Crippen LogP contribution in [0.5, 0.6) is 11.5 Å². The van der Waals surface area contributed by atoms with E-state index in [-0.39, 0.29) is 11.9 Å². The van der Waals surface area contributed by atoms with Crippen LogP contribution in [0.25, 0.3) is 0 Å². The van der Waals surface area contributed by atoms with Crippen LogP contribution in [0.1, 0.15) is 18.9 Å². The zero-order valence-electron chi connectivity index (χ0n) is 11.4. The average molecular weight is 264 g/mol. The quantitative estimate of drug-likeness (QED) is 0.866. The number of ether oxygens (including phenoxy) is 2. The summed E-state index contributed by atoms with van der Waals surface area (Å²) >= 11 is 0. The van der Waals surface area contributed by atoms with Gasteiger partial charge in [-0.05, 0) is 24.6 Å². The van der Waals surface area contributed by atoms with Gasteiger partial charge < -0.3 is 20.1 Å². The number of benzene rings is 1. The maximum absolute atomic E-state index is 11.7. The fourth-order valence-corrected chi connectivity index (χ4v) is 2.26. The monoisotopic (exact) mass is 264 g/mol. The van der Waals surface area contributed by atoms with Crippen LogP contribution in [-0.2, 0) is 11.3 Å². The molecule has 1 unspecified atom stereocenters. The van der Waals surface area contributed by atoms with Crippen molar-refractivity contribution in [2.24, 2.45) is 5.73 Å². The summed E-state index contributed by atoms with van der Waals surface area (Å²) < 4.78 is 10.8. The minimum absolute atomic E-state index is 0.0443. The van der Waals surface area contributed by atoms with Gasteiger partial charge in [-0.1, -0.05) is 6.07 Å². The third-order valence-electron chi connectivity index (χ3n) is 3.15. The van der Waals surface area contributed by atoms with E-state index in [1.165, 1.54) is 0 Å². The highest BCUT2D eigenvalue weighted by Gasteiger charge is 2.26. The summed E-state index contributed by atoms with van der Waals surface area (Å²) in [6.07, 6.45) is 0.439. The van der Waals surface area contributed by atoms with Crippen LogP contribution < -0.4 is 15.2 Å². The highest BCUT2D eigenvalue weighted by molar-refractivity contribution is 5.79. The Labute approximate surface area is 113 Å². The molecule has 5 nitrogen and oxygen atoms in total. The van der Waals surface area contributed by atoms with Gasteiger partial charge >= 0.3 is 0 Å². The highest BCUT2D eigenvalue weighted by Crippen LogP contribution is 2.29. The van der Waals surface area contributed by atoms with Crippen LogP contribution in [0.15, 0.2) is 18.2 Å². The van der Waals surface area contributed by atoms with Crippen molar-refractivity contribution >= 4 is 5.91 Å². The molecule has 5 heteroatoms. The molecule has 1 aromatic rings. The van der Waals surface area contributed by atoms with Gasteiger partial charge in [0.2, 0.25) is 5.91 Å². The Hall–Kier alpha value is -1.75. The Bertz CT molecular complexity index is 462. The standard InChI is InChI=1S/C14H20N2O3/c1-3-19-13-6-10(4-5-12(13)18-2)8-16-9-11(15)7-14(16)17/h4-6,11H,3,7-9,15H2,1-2H3. The van der Waals surface area contributed by atoms with Gasteiger partial charge in [-0.2, -0.15) is 0 Å². The van der Waals surface area contributed by atoms with Crippen LogP contribution in [0.4, 0.5) is 0 Å². The molecular formula is C14H20N2O3. The van der Waals surface area contributed by atoms with Crippen molar-refractivity contribution in [3.63, 3.8) is 0 Å². The molecule has 1 atom stereocenters. The van der Waals surface area contributed by atoms with Crippen LogP contribution in [0.3, 0.4) is 0 Å². The molecule has 0 aromatic heterocycles. The molecule has 1 heterocycles. The molecule has 1 saturated heterocycles. The van der Waals surface area contributed by atoms with E-state index < -0.39 is 0 Å². The zero-order chi connectivity index (χ0) is 13.8. The van der Waals surface area contributed by atoms with Crippen LogP contribution in [-0.4, -0.2) is 37.1 Å². The molecule has 1 amide bonds. The number of likely N-dealkylation sites (tertiary alicyclic amines) is 1. The lowest BCUT2D eigenvalue weighted by molar-refractivity contribution is -0.128. The Morgan fingerprint density at radius 1 is 1.42 bits per heavy atom. The van der Waals surface area contributed by atoms with Gasteiger partial charge in [0.25, 0.3) is 0 Å². The largest absolute Gasteiger partial charge is 0.493 e. The molecule has 19 heavy (non-hydrogen) atoms. The first-order valence-electron chi connectivity index (χ1n) is 6.47. The van der Waals surface area contributed by atoms with Crippen LogP contribution in [0.2, 0.25) is 0 Å². The number of amides is 1. The van der Waals surface area contributed by atoms with Gasteiger partial charge in [0.05, 0.1) is 13.7 Å². The summed E-state index contributed by atoms with van der Waals surface area (Å²) in [6, 6.07) is 5.68. The van der Waals surface area contributed by atoms with Crippen molar-refractivity contribution in [3.8, 4) is 11.5 Å². The van der Waals surface area contributed by atoms with Crippen molar-refractivity contribution in [1.29, 1.82) is 0 Å². The van der Waals surface area contributed by atoms with E-state index in [2.05, 4.69) is 0 Å². The number of methoxy groups -OCH3 is 1. The Balaban J connectivity index is 2.12. The maximum Gasteiger partial charge on any atom is 0.224 e. The van der Waals surface area contributed by atoms with E-state index in [4.69, 9.17) is 15.2 Å². The van der Waals surface area contributed by atoms with Gasteiger partial charge in [-0.15, -0.1) is 0 Å². The third kappa shape index (κ3) is 3.17. The second-order valence-electron chi connectivity index (χ2n) is 4.66. The zero-order valence-corrected chi connectivity index (χ0v) is 11.4. The van der Waals surface area contributed by atoms with Gasteiger partial charge in [0.15, 0.2) is 11.5 Å². The number of carbonyl (C=O) groups is 1. The second kappa shape index (κ2) is 5.93. The van der Waals surface area contributed by atoms with Gasteiger partial charge in [-0.25, -0.2) is 0 Å². The minimum atomic E-state index is -0.0443. The number of nitrogens with zero attached hydrogens (tertiary/aromatic N) is 1. The Morgan fingerprint density at radius 2 is 2.21 bits per heavy atom. The SMILES string of the molecule is CCOc1cc(CN2CC(N)CC2=O)ccc1OC. The first-order valence-corrected chi connectivity index (χ1v) is 6.47. The number of hydrogen-bond donors (Lipinski definition) is 1. The molecular weight excluding hydrogens is 244 g/mol. The van der Waals surface area contributed by atoms with E-state index in [0.717, 1.165) is 5.56 Å². The second-order valence-corrected chi connectivity index (χ2v) is 4.66. The number of nitrogens with two attached hydrogens (primary N) is 1. The van der Waals surface area contributed by atoms with E-state index >= 15 is 0 Å². The fraction of sp³-hybridized carbons (Fsp3) is 0.500. The number of rotatable bonds is 5. The van der Waals surface area contributed by atoms with Crippen molar-refractivity contribution in [1.82, 2.24) is 4.90 Å². The molecule has 1 aliphatic rings. The van der Waals surface area contributed by atoms with Crippen molar-refractivity contribution in [2.45, 2.75) is 25.9 Å². The minimum Gasteiger partial charge on any atom is -0.493 e. The summed E-state index contributed by atoms with van der Waals surface area (Å²) in [5.74, 6) is 1.52. The molecule has 0 radical (unpaired) electrons. The number of hydrogen-bond acceptors (Lipinski definition) is 4. The fourth-order valence-electron chi connectivity index (χ4n) is 2.26. The molecule has 2 N–H and O–H groups in total. The summed E-state index contributed by atoms with van der Waals surface area (Å²) in [5, 5.41) is 0. The lowest BCUT2D eigenvalue weighted by Crippen LogP contribution is -2.27. The average Bonchev–Trinajstić information content (AvgIpc) is 2.69. The van der Waals surface area contributed by atoms with Crippen LogP contribution in [0, 0.1) is 0 Å². The summed E-state index contributed by atoms with van der Waals surface area (Å²) in [7, 11) is 1.61. The molecule has 2 rings (SSSR count). The topological polar surface area (TPSA) is 64.8 Å². The van der Waals surface area contributed by atoms with Crippen molar-refractivity contribution in [3.05, 3.63) is 23.8 Å². The molecule has 1 aliphatic heterocycles. The van der Waals surface area contributed by atoms with Crippen molar-refractivity contribution in [2.75, 3.05) is 20.3 Å². The highest BCUT2D eigenvalue weighted by atomic mass is 16.5. The smallest absolute Gasteiger partial charge is 0.224 e. The molecule has 1 fully saturated rings. The third-order valence-corrected chi connectivity index (χ3v) is 3.15. The normalized spacial score (nSPS) is 18.8. The number of carbonyl (C=O) groups excluding carboxylic acids is 1. The lowest BCUT2D eigenvalue weighted by Gasteiger charge is -2.17. The maximum atomic E-state index is 11.7. The van der Waals surface area contributed by atoms with E-state index in [1.807, 2.05) is 25.1 Å². The molecule has 0 aliphatic carbocycles.